The van der Waals surface area contributed by atoms with Crippen molar-refractivity contribution in [3.63, 3.8) is 0 Å². The van der Waals surface area contributed by atoms with E-state index in [9.17, 15) is 0 Å². The van der Waals surface area contributed by atoms with E-state index in [0.29, 0.717) is 0 Å². The van der Waals surface area contributed by atoms with Gasteiger partial charge >= 0.3 is 0 Å². The molecule has 0 aliphatic heterocycles. The first-order valence-corrected chi connectivity index (χ1v) is 5.83. The van der Waals surface area contributed by atoms with Crippen LogP contribution >= 0.6 is 50.1 Å². The number of aromatic nitrogens is 1. The van der Waals surface area contributed by atoms with Gasteiger partial charge in [-0.1, -0.05) is 11.6 Å². The number of hydrogen-bond acceptors (Lipinski definition) is 1. The third-order valence-corrected chi connectivity index (χ3v) is 4.37. The number of hydrogen-bond donors (Lipinski definition) is 0. The zero-order valence-electron chi connectivity index (χ0n) is 6.39. The molecule has 0 atom stereocenters. The Morgan fingerprint density at radius 3 is 2.92 bits per heavy atom. The van der Waals surface area contributed by atoms with Crippen LogP contribution in [0.25, 0.3) is 10.9 Å². The maximum atomic E-state index is 5.89. The molecule has 0 saturated heterocycles. The fourth-order valence-electron chi connectivity index (χ4n) is 1.11. The van der Waals surface area contributed by atoms with Crippen LogP contribution in [0.5, 0.6) is 0 Å². The van der Waals surface area contributed by atoms with E-state index in [1.165, 1.54) is 0 Å². The monoisotopic (exact) mass is 367 g/mol. The normalized spacial score (nSPS) is 10.7. The standard InChI is InChI=1S/C9H4BrClIN/c10-9-6-3-5(11)1-2-8(6)13-4-7(9)12/h1-4H. The summed E-state index contributed by atoms with van der Waals surface area (Å²) in [6, 6.07) is 5.67. The van der Waals surface area contributed by atoms with Crippen molar-refractivity contribution in [3.8, 4) is 0 Å². The molecule has 2 aromatic rings. The molecule has 1 heterocycles. The van der Waals surface area contributed by atoms with Crippen molar-refractivity contribution < 1.29 is 0 Å². The Balaban J connectivity index is 2.89. The van der Waals surface area contributed by atoms with E-state index in [1.54, 1.807) is 0 Å². The largest absolute Gasteiger partial charge is 0.255 e. The highest BCUT2D eigenvalue weighted by atomic mass is 127. The van der Waals surface area contributed by atoms with Gasteiger partial charge < -0.3 is 0 Å². The highest BCUT2D eigenvalue weighted by Crippen LogP contribution is 2.28. The second kappa shape index (κ2) is 3.71. The SMILES string of the molecule is Clc1ccc2ncc(I)c(Br)c2c1. The molecule has 0 aliphatic rings. The maximum Gasteiger partial charge on any atom is 0.0715 e. The summed E-state index contributed by atoms with van der Waals surface area (Å²) in [7, 11) is 0. The highest BCUT2D eigenvalue weighted by molar-refractivity contribution is 14.1. The number of rotatable bonds is 0. The van der Waals surface area contributed by atoms with Gasteiger partial charge in [0.1, 0.15) is 0 Å². The average Bonchev–Trinajstić information content (AvgIpc) is 2.12. The van der Waals surface area contributed by atoms with Crippen molar-refractivity contribution in [1.29, 1.82) is 0 Å². The summed E-state index contributed by atoms with van der Waals surface area (Å²) in [5.74, 6) is 0. The maximum absolute atomic E-state index is 5.89. The highest BCUT2D eigenvalue weighted by Gasteiger charge is 2.03. The summed E-state index contributed by atoms with van der Waals surface area (Å²) in [4.78, 5) is 4.29. The lowest BCUT2D eigenvalue weighted by atomic mass is 10.2. The van der Waals surface area contributed by atoms with Gasteiger partial charge in [0.15, 0.2) is 0 Å². The van der Waals surface area contributed by atoms with E-state index in [4.69, 9.17) is 11.6 Å². The molecule has 0 unspecified atom stereocenters. The van der Waals surface area contributed by atoms with E-state index < -0.39 is 0 Å². The third kappa shape index (κ3) is 1.82. The summed E-state index contributed by atoms with van der Waals surface area (Å²) in [5.41, 5.74) is 0.955. The molecule has 0 bridgehead atoms. The summed E-state index contributed by atoms with van der Waals surface area (Å²) >= 11 is 11.6. The molecule has 0 N–H and O–H groups in total. The molecule has 2 rings (SSSR count). The predicted molar refractivity (Wildman–Crippen MR) is 67.2 cm³/mol. The molecular weight excluding hydrogens is 364 g/mol. The Kier molecular flexibility index (Phi) is 2.76. The molecule has 1 nitrogen and oxygen atoms in total. The zero-order chi connectivity index (χ0) is 9.42. The second-order valence-corrected chi connectivity index (χ2v) is 4.97. The Labute approximate surface area is 103 Å². The van der Waals surface area contributed by atoms with Crippen LogP contribution in [0.1, 0.15) is 0 Å². The van der Waals surface area contributed by atoms with Crippen LogP contribution in [0.2, 0.25) is 5.02 Å². The third-order valence-electron chi connectivity index (χ3n) is 1.72. The van der Waals surface area contributed by atoms with Crippen LogP contribution in [-0.2, 0) is 0 Å². The Hall–Kier alpha value is 0.130. The number of benzene rings is 1. The first-order chi connectivity index (χ1) is 6.18. The number of pyridine rings is 1. The van der Waals surface area contributed by atoms with Crippen molar-refractivity contribution >= 4 is 61.0 Å². The Bertz CT molecular complexity index is 467. The van der Waals surface area contributed by atoms with E-state index in [-0.39, 0.29) is 0 Å². The number of fused-ring (bicyclic) bond motifs is 1. The lowest BCUT2D eigenvalue weighted by Crippen LogP contribution is -1.83. The summed E-state index contributed by atoms with van der Waals surface area (Å²) in [6.07, 6.45) is 1.83. The van der Waals surface area contributed by atoms with Gasteiger partial charge in [-0.2, -0.15) is 0 Å². The van der Waals surface area contributed by atoms with Crippen molar-refractivity contribution in [2.45, 2.75) is 0 Å². The van der Waals surface area contributed by atoms with E-state index in [1.807, 2.05) is 24.4 Å². The molecule has 0 spiro atoms. The zero-order valence-corrected chi connectivity index (χ0v) is 10.9. The summed E-state index contributed by atoms with van der Waals surface area (Å²) in [5, 5.41) is 1.79. The van der Waals surface area contributed by atoms with Gasteiger partial charge in [-0.25, -0.2) is 0 Å². The lowest BCUT2D eigenvalue weighted by Gasteiger charge is -2.02. The van der Waals surface area contributed by atoms with E-state index >= 15 is 0 Å². The van der Waals surface area contributed by atoms with Crippen molar-refractivity contribution in [2.75, 3.05) is 0 Å². The minimum Gasteiger partial charge on any atom is -0.255 e. The molecule has 4 heteroatoms. The van der Waals surface area contributed by atoms with Crippen LogP contribution in [0.4, 0.5) is 0 Å². The van der Waals surface area contributed by atoms with Crippen LogP contribution in [0, 0.1) is 3.57 Å². The molecule has 0 aliphatic carbocycles. The average molecular weight is 368 g/mol. The van der Waals surface area contributed by atoms with Gasteiger partial charge in [-0.05, 0) is 56.7 Å². The van der Waals surface area contributed by atoms with Gasteiger partial charge in [0.05, 0.1) is 5.52 Å². The van der Waals surface area contributed by atoms with Crippen molar-refractivity contribution in [1.82, 2.24) is 4.98 Å². The molecule has 1 aromatic carbocycles. The smallest absolute Gasteiger partial charge is 0.0715 e. The van der Waals surface area contributed by atoms with E-state index in [0.717, 1.165) is 24.0 Å². The predicted octanol–water partition coefficient (Wildman–Crippen LogP) is 4.26. The lowest BCUT2D eigenvalue weighted by molar-refractivity contribution is 1.37. The minimum absolute atomic E-state index is 0.733. The molecular formula is C9H4BrClIN. The Morgan fingerprint density at radius 2 is 2.15 bits per heavy atom. The molecule has 13 heavy (non-hydrogen) atoms. The van der Waals surface area contributed by atoms with Crippen LogP contribution in [0.3, 0.4) is 0 Å². The van der Waals surface area contributed by atoms with Gasteiger partial charge in [0, 0.05) is 24.6 Å². The molecule has 0 fully saturated rings. The van der Waals surface area contributed by atoms with Crippen molar-refractivity contribution in [2.24, 2.45) is 0 Å². The van der Waals surface area contributed by atoms with Crippen LogP contribution in [-0.4, -0.2) is 4.98 Å². The second-order valence-electron chi connectivity index (χ2n) is 2.58. The number of nitrogens with zero attached hydrogens (tertiary/aromatic N) is 1. The fraction of sp³-hybridized carbons (Fsp3) is 0. The van der Waals surface area contributed by atoms with Crippen molar-refractivity contribution in [3.05, 3.63) is 37.5 Å². The van der Waals surface area contributed by atoms with Gasteiger partial charge in [0.2, 0.25) is 0 Å². The minimum atomic E-state index is 0.733. The summed E-state index contributed by atoms with van der Waals surface area (Å²) in [6.45, 7) is 0. The van der Waals surface area contributed by atoms with Gasteiger partial charge in [0.25, 0.3) is 0 Å². The molecule has 1 aromatic heterocycles. The molecule has 0 amide bonds. The molecule has 0 saturated carbocycles. The van der Waals surface area contributed by atoms with Crippen LogP contribution in [0.15, 0.2) is 28.9 Å². The van der Waals surface area contributed by atoms with E-state index in [2.05, 4.69) is 43.5 Å². The number of halogens is 3. The van der Waals surface area contributed by atoms with Gasteiger partial charge in [-0.3, -0.25) is 4.98 Å². The fourth-order valence-corrected chi connectivity index (χ4v) is 2.13. The molecule has 66 valence electrons. The quantitative estimate of drug-likeness (QED) is 0.634. The topological polar surface area (TPSA) is 12.9 Å². The van der Waals surface area contributed by atoms with Gasteiger partial charge in [-0.15, -0.1) is 0 Å². The first kappa shape index (κ1) is 9.68. The summed E-state index contributed by atoms with van der Waals surface area (Å²) < 4.78 is 2.15. The Morgan fingerprint density at radius 1 is 1.38 bits per heavy atom. The van der Waals surface area contributed by atoms with Crippen LogP contribution < -0.4 is 0 Å². The first-order valence-electron chi connectivity index (χ1n) is 3.58. The molecule has 0 radical (unpaired) electrons.